The third kappa shape index (κ3) is 4.99. The molecule has 0 bridgehead atoms. The molecule has 37 heavy (non-hydrogen) atoms. The molecule has 0 saturated carbocycles. The molecule has 6 nitrogen and oxygen atoms in total. The van der Waals surface area contributed by atoms with Crippen LogP contribution in [-0.4, -0.2) is 67.0 Å². The van der Waals surface area contributed by atoms with E-state index >= 15 is 0 Å². The molecule has 3 heterocycles. The summed E-state index contributed by atoms with van der Waals surface area (Å²) in [5.41, 5.74) is 3.84. The van der Waals surface area contributed by atoms with Gasteiger partial charge in [0.2, 0.25) is 6.79 Å². The highest BCUT2D eigenvalue weighted by Gasteiger charge is 2.53. The van der Waals surface area contributed by atoms with Crippen molar-refractivity contribution in [3.63, 3.8) is 0 Å². The standard InChI is InChI=1S/C29H35NO5S2/c1-31-18-33-24-8-10-29(9-3-11-30(29)17-20-4-6-22(32-2)7-5-20)28(24)23-16-26-25(34-19-35-26)14-21(23)15-27-36-12-13-37-27/h4-8,10,14,16,24,27-28H,3,9,11-13,15,17-19H2,1-2H3/t24-,28-,29+/m1/s1. The Balaban J connectivity index is 1.38. The minimum atomic E-state index is -0.128. The zero-order valence-electron chi connectivity index (χ0n) is 21.5. The number of hydrogen-bond acceptors (Lipinski definition) is 8. The van der Waals surface area contributed by atoms with Gasteiger partial charge in [-0.1, -0.05) is 24.3 Å². The number of ether oxygens (including phenoxy) is 5. The van der Waals surface area contributed by atoms with Crippen LogP contribution in [0.4, 0.5) is 0 Å². The van der Waals surface area contributed by atoms with E-state index in [1.165, 1.54) is 28.2 Å². The topological polar surface area (TPSA) is 49.4 Å². The van der Waals surface area contributed by atoms with Crippen molar-refractivity contribution in [1.29, 1.82) is 0 Å². The van der Waals surface area contributed by atoms with E-state index in [0.717, 1.165) is 49.6 Å². The van der Waals surface area contributed by atoms with E-state index in [1.54, 1.807) is 14.2 Å². The Morgan fingerprint density at radius 2 is 1.84 bits per heavy atom. The van der Waals surface area contributed by atoms with E-state index in [2.05, 4.69) is 77.0 Å². The van der Waals surface area contributed by atoms with Crippen LogP contribution in [0, 0.1) is 0 Å². The van der Waals surface area contributed by atoms with Crippen molar-refractivity contribution in [1.82, 2.24) is 4.90 Å². The molecule has 8 heteroatoms. The zero-order chi connectivity index (χ0) is 25.2. The smallest absolute Gasteiger partial charge is 0.231 e. The fourth-order valence-corrected chi connectivity index (χ4v) is 9.17. The summed E-state index contributed by atoms with van der Waals surface area (Å²) in [6, 6.07) is 12.9. The second-order valence-corrected chi connectivity index (χ2v) is 12.9. The van der Waals surface area contributed by atoms with E-state index in [4.69, 9.17) is 23.7 Å². The molecule has 4 aliphatic rings. The lowest BCUT2D eigenvalue weighted by atomic mass is 9.76. The van der Waals surface area contributed by atoms with Gasteiger partial charge in [0.05, 0.1) is 17.8 Å². The van der Waals surface area contributed by atoms with Gasteiger partial charge in [-0.15, -0.1) is 23.5 Å². The maximum Gasteiger partial charge on any atom is 0.231 e. The summed E-state index contributed by atoms with van der Waals surface area (Å²) in [4.78, 5) is 2.65. The number of nitrogens with zero attached hydrogens (tertiary/aromatic N) is 1. The minimum absolute atomic E-state index is 0.0700. The first-order valence-corrected chi connectivity index (χ1v) is 15.1. The number of rotatable bonds is 9. The van der Waals surface area contributed by atoms with Crippen molar-refractivity contribution in [2.75, 3.05) is 45.9 Å². The molecule has 2 fully saturated rings. The second-order valence-electron chi connectivity index (χ2n) is 10.0. The van der Waals surface area contributed by atoms with Crippen LogP contribution in [-0.2, 0) is 22.4 Å². The maximum atomic E-state index is 6.34. The third-order valence-electron chi connectivity index (χ3n) is 7.99. The molecule has 0 N–H and O–H groups in total. The highest BCUT2D eigenvalue weighted by molar-refractivity contribution is 8.20. The highest BCUT2D eigenvalue weighted by atomic mass is 32.2. The van der Waals surface area contributed by atoms with Gasteiger partial charge in [-0.25, -0.2) is 0 Å². The molecule has 0 unspecified atom stereocenters. The Morgan fingerprint density at radius 1 is 1.05 bits per heavy atom. The van der Waals surface area contributed by atoms with Gasteiger partial charge in [0, 0.05) is 36.6 Å². The summed E-state index contributed by atoms with van der Waals surface area (Å²) in [5.74, 6) is 5.18. The molecule has 3 aliphatic heterocycles. The lowest BCUT2D eigenvalue weighted by molar-refractivity contribution is -0.0707. The fourth-order valence-electron chi connectivity index (χ4n) is 6.31. The summed E-state index contributed by atoms with van der Waals surface area (Å²) < 4.78 is 29.4. The van der Waals surface area contributed by atoms with Crippen molar-refractivity contribution < 1.29 is 23.7 Å². The Hall–Kier alpha value is -1.84. The molecule has 2 aromatic carbocycles. The molecular weight excluding hydrogens is 506 g/mol. The molecule has 2 saturated heterocycles. The van der Waals surface area contributed by atoms with Crippen LogP contribution in [0.1, 0.15) is 35.4 Å². The van der Waals surface area contributed by atoms with Gasteiger partial charge < -0.3 is 23.7 Å². The van der Waals surface area contributed by atoms with Crippen LogP contribution in [0.15, 0.2) is 48.6 Å². The molecule has 1 aliphatic carbocycles. The summed E-state index contributed by atoms with van der Waals surface area (Å²) in [7, 11) is 3.40. The van der Waals surface area contributed by atoms with Gasteiger partial charge in [0.1, 0.15) is 12.5 Å². The van der Waals surface area contributed by atoms with Gasteiger partial charge in [0.25, 0.3) is 0 Å². The van der Waals surface area contributed by atoms with Crippen molar-refractivity contribution in [2.45, 2.75) is 47.9 Å². The second kappa shape index (κ2) is 11.1. The number of methoxy groups -OCH3 is 2. The first-order chi connectivity index (χ1) is 18.2. The van der Waals surface area contributed by atoms with Crippen molar-refractivity contribution in [3.05, 3.63) is 65.2 Å². The Kier molecular flexibility index (Phi) is 7.63. The highest BCUT2D eigenvalue weighted by Crippen LogP contribution is 2.53. The van der Waals surface area contributed by atoms with Crippen molar-refractivity contribution >= 4 is 23.5 Å². The molecule has 0 amide bonds. The molecule has 3 atom stereocenters. The molecular formula is C29H35NO5S2. The SMILES string of the molecule is COCO[C@@H]1C=C[C@@]2(CCCN2Cc2ccc(OC)cc2)[C@@H]1c1cc2c(cc1CC1SCCS1)OCO2. The monoisotopic (exact) mass is 541 g/mol. The fraction of sp³-hybridized carbons (Fsp3) is 0.517. The van der Waals surface area contributed by atoms with Crippen LogP contribution in [0.2, 0.25) is 0 Å². The minimum Gasteiger partial charge on any atom is -0.497 e. The van der Waals surface area contributed by atoms with Crippen LogP contribution < -0.4 is 14.2 Å². The first-order valence-electron chi connectivity index (χ1n) is 13.0. The first kappa shape index (κ1) is 25.4. The lowest BCUT2D eigenvalue weighted by Gasteiger charge is -2.42. The number of likely N-dealkylation sites (tertiary alicyclic amines) is 1. The van der Waals surface area contributed by atoms with Gasteiger partial charge >= 0.3 is 0 Å². The average Bonchev–Trinajstić information content (AvgIpc) is 3.72. The van der Waals surface area contributed by atoms with Crippen LogP contribution in [0.5, 0.6) is 17.2 Å². The lowest BCUT2D eigenvalue weighted by Crippen LogP contribution is -2.47. The summed E-state index contributed by atoms with van der Waals surface area (Å²) >= 11 is 4.14. The van der Waals surface area contributed by atoms with Crippen LogP contribution in [0.3, 0.4) is 0 Å². The van der Waals surface area contributed by atoms with Gasteiger partial charge in [-0.2, -0.15) is 0 Å². The number of benzene rings is 2. The van der Waals surface area contributed by atoms with Gasteiger partial charge in [-0.3, -0.25) is 4.90 Å². The predicted molar refractivity (Wildman–Crippen MR) is 149 cm³/mol. The molecule has 0 radical (unpaired) electrons. The summed E-state index contributed by atoms with van der Waals surface area (Å²) in [6.07, 6.45) is 7.88. The summed E-state index contributed by atoms with van der Waals surface area (Å²) in [6.45, 7) is 2.49. The Bertz CT molecular complexity index is 1120. The number of fused-ring (bicyclic) bond motifs is 1. The number of thioether (sulfide) groups is 2. The number of hydrogen-bond donors (Lipinski definition) is 0. The molecule has 1 spiro atoms. The molecule has 2 aromatic rings. The van der Waals surface area contributed by atoms with Crippen molar-refractivity contribution in [3.8, 4) is 17.2 Å². The van der Waals surface area contributed by atoms with Crippen LogP contribution >= 0.6 is 23.5 Å². The van der Waals surface area contributed by atoms with E-state index in [0.29, 0.717) is 4.58 Å². The predicted octanol–water partition coefficient (Wildman–Crippen LogP) is 5.45. The zero-order valence-corrected chi connectivity index (χ0v) is 23.2. The van der Waals surface area contributed by atoms with Crippen molar-refractivity contribution in [2.24, 2.45) is 0 Å². The van der Waals surface area contributed by atoms with E-state index in [9.17, 15) is 0 Å². The van der Waals surface area contributed by atoms with Crippen LogP contribution in [0.25, 0.3) is 0 Å². The third-order valence-corrected chi connectivity index (χ3v) is 11.0. The van der Waals surface area contributed by atoms with E-state index < -0.39 is 0 Å². The summed E-state index contributed by atoms with van der Waals surface area (Å²) in [5, 5.41) is 0. The quantitative estimate of drug-likeness (QED) is 0.307. The van der Waals surface area contributed by atoms with Gasteiger partial charge in [0.15, 0.2) is 11.5 Å². The largest absolute Gasteiger partial charge is 0.497 e. The van der Waals surface area contributed by atoms with Gasteiger partial charge in [-0.05, 0) is 66.8 Å². The average molecular weight is 542 g/mol. The normalized spacial score (nSPS) is 27.1. The van der Waals surface area contributed by atoms with E-state index in [-0.39, 0.29) is 31.1 Å². The van der Waals surface area contributed by atoms with E-state index in [1.807, 2.05) is 0 Å². The maximum absolute atomic E-state index is 6.34. The Labute approximate surface area is 228 Å². The molecule has 198 valence electrons. The molecule has 0 aromatic heterocycles. The molecule has 6 rings (SSSR count). The Morgan fingerprint density at radius 3 is 2.59 bits per heavy atom.